The number of hydrogen-bond donors (Lipinski definition) is 0. The van der Waals surface area contributed by atoms with E-state index >= 15 is 0 Å². The zero-order valence-corrected chi connectivity index (χ0v) is 10.1. The average Bonchev–Trinajstić information content (AvgIpc) is 2.42. The molecule has 1 heterocycles. The van der Waals surface area contributed by atoms with Crippen molar-refractivity contribution >= 4 is 27.3 Å². The molecular formula is C9H11BrN2S. The van der Waals surface area contributed by atoms with Gasteiger partial charge in [0.1, 0.15) is 0 Å². The molecule has 0 fully saturated rings. The Morgan fingerprint density at radius 3 is 2.69 bits per heavy atom. The van der Waals surface area contributed by atoms with Gasteiger partial charge in [0.25, 0.3) is 0 Å². The van der Waals surface area contributed by atoms with Crippen molar-refractivity contribution in [1.29, 1.82) is 5.26 Å². The molecule has 0 N–H and O–H groups in total. The molecule has 1 rings (SSSR count). The van der Waals surface area contributed by atoms with Crippen LogP contribution in [-0.4, -0.2) is 10.3 Å². The van der Waals surface area contributed by atoms with E-state index in [2.05, 4.69) is 33.9 Å². The molecule has 2 nitrogen and oxygen atoms in total. The van der Waals surface area contributed by atoms with Gasteiger partial charge in [-0.15, -0.1) is 11.3 Å². The third-order valence-electron chi connectivity index (χ3n) is 1.86. The number of alkyl halides is 1. The molecule has 0 bridgehead atoms. The lowest BCUT2D eigenvalue weighted by molar-refractivity contribution is 0.749. The van der Waals surface area contributed by atoms with E-state index in [9.17, 15) is 0 Å². The predicted molar refractivity (Wildman–Crippen MR) is 58.2 cm³/mol. The molecule has 13 heavy (non-hydrogen) atoms. The Kier molecular flexibility index (Phi) is 3.89. The highest BCUT2D eigenvalue weighted by molar-refractivity contribution is 9.09. The predicted octanol–water partition coefficient (Wildman–Crippen LogP) is 2.84. The van der Waals surface area contributed by atoms with Gasteiger partial charge in [0.05, 0.1) is 22.7 Å². The minimum Gasteiger partial charge on any atom is -0.246 e. The van der Waals surface area contributed by atoms with E-state index in [1.165, 1.54) is 4.88 Å². The van der Waals surface area contributed by atoms with Gasteiger partial charge in [0.15, 0.2) is 0 Å². The summed E-state index contributed by atoms with van der Waals surface area (Å²) in [7, 11) is 0. The molecule has 0 aliphatic rings. The van der Waals surface area contributed by atoms with Crippen LogP contribution in [0.3, 0.4) is 0 Å². The summed E-state index contributed by atoms with van der Waals surface area (Å²) in [5, 5.41) is 10.6. The van der Waals surface area contributed by atoms with Crippen LogP contribution < -0.4 is 0 Å². The summed E-state index contributed by atoms with van der Waals surface area (Å²) >= 11 is 5.00. The fourth-order valence-electron chi connectivity index (χ4n) is 0.972. The Hall–Kier alpha value is -0.400. The van der Waals surface area contributed by atoms with E-state index in [4.69, 9.17) is 5.26 Å². The molecule has 0 saturated carbocycles. The lowest BCUT2D eigenvalue weighted by Crippen LogP contribution is -2.02. The SMILES string of the molecule is Cc1nc(CC(C#N)CBr)sc1C. The van der Waals surface area contributed by atoms with Crippen molar-refractivity contribution in [3.8, 4) is 6.07 Å². The van der Waals surface area contributed by atoms with Gasteiger partial charge >= 0.3 is 0 Å². The molecular weight excluding hydrogens is 248 g/mol. The van der Waals surface area contributed by atoms with Crippen LogP contribution in [0.2, 0.25) is 0 Å². The highest BCUT2D eigenvalue weighted by Crippen LogP contribution is 2.19. The molecule has 0 spiro atoms. The summed E-state index contributed by atoms with van der Waals surface area (Å²) < 4.78 is 0. The molecule has 4 heteroatoms. The van der Waals surface area contributed by atoms with E-state index in [1.807, 2.05) is 6.92 Å². The highest BCUT2D eigenvalue weighted by Gasteiger charge is 2.10. The van der Waals surface area contributed by atoms with Gasteiger partial charge in [-0.05, 0) is 13.8 Å². The second-order valence-corrected chi connectivity index (χ2v) is 4.87. The molecule has 1 aromatic heterocycles. The van der Waals surface area contributed by atoms with Crippen molar-refractivity contribution in [2.75, 3.05) is 5.33 Å². The lowest BCUT2D eigenvalue weighted by atomic mass is 10.1. The molecule has 0 aliphatic carbocycles. The van der Waals surface area contributed by atoms with Crippen molar-refractivity contribution in [1.82, 2.24) is 4.98 Å². The molecule has 0 aliphatic heterocycles. The second-order valence-electron chi connectivity index (χ2n) is 2.93. The number of aromatic nitrogens is 1. The van der Waals surface area contributed by atoms with Gasteiger partial charge in [-0.3, -0.25) is 0 Å². The van der Waals surface area contributed by atoms with Crippen LogP contribution in [0.15, 0.2) is 0 Å². The van der Waals surface area contributed by atoms with Crippen LogP contribution in [0.25, 0.3) is 0 Å². The minimum atomic E-state index is 0.0462. The van der Waals surface area contributed by atoms with E-state index in [0.29, 0.717) is 0 Å². The minimum absolute atomic E-state index is 0.0462. The Morgan fingerprint density at radius 1 is 1.62 bits per heavy atom. The zero-order valence-electron chi connectivity index (χ0n) is 7.67. The Balaban J connectivity index is 2.69. The first-order chi connectivity index (χ1) is 6.17. The normalized spacial score (nSPS) is 12.5. The maximum Gasteiger partial charge on any atom is 0.0944 e. The van der Waals surface area contributed by atoms with Crippen molar-refractivity contribution in [3.05, 3.63) is 15.6 Å². The molecule has 1 unspecified atom stereocenters. The lowest BCUT2D eigenvalue weighted by Gasteiger charge is -1.99. The maximum absolute atomic E-state index is 8.76. The van der Waals surface area contributed by atoms with Crippen molar-refractivity contribution in [3.63, 3.8) is 0 Å². The van der Waals surface area contributed by atoms with Crippen LogP contribution in [0.1, 0.15) is 15.6 Å². The molecule has 0 aromatic carbocycles. The van der Waals surface area contributed by atoms with Crippen LogP contribution in [0.4, 0.5) is 0 Å². The fourth-order valence-corrected chi connectivity index (χ4v) is 2.36. The van der Waals surface area contributed by atoms with Gasteiger partial charge in [-0.25, -0.2) is 4.98 Å². The van der Waals surface area contributed by atoms with Crippen LogP contribution >= 0.6 is 27.3 Å². The number of thiazole rings is 1. The van der Waals surface area contributed by atoms with Crippen molar-refractivity contribution in [2.45, 2.75) is 20.3 Å². The number of hydrogen-bond acceptors (Lipinski definition) is 3. The van der Waals surface area contributed by atoms with E-state index in [-0.39, 0.29) is 5.92 Å². The third-order valence-corrected chi connectivity index (χ3v) is 3.74. The van der Waals surface area contributed by atoms with Crippen LogP contribution in [-0.2, 0) is 6.42 Å². The molecule has 70 valence electrons. The standard InChI is InChI=1S/C9H11BrN2S/c1-6-7(2)13-9(12-6)3-8(4-10)5-11/h8H,3-4H2,1-2H3. The summed E-state index contributed by atoms with van der Waals surface area (Å²) in [6.45, 7) is 4.07. The van der Waals surface area contributed by atoms with Crippen molar-refractivity contribution < 1.29 is 0 Å². The first kappa shape index (κ1) is 10.7. The Labute approximate surface area is 90.7 Å². The monoisotopic (exact) mass is 258 g/mol. The Morgan fingerprint density at radius 2 is 2.31 bits per heavy atom. The molecule has 1 atom stereocenters. The van der Waals surface area contributed by atoms with Gasteiger partial charge in [-0.1, -0.05) is 15.9 Å². The molecule has 1 aromatic rings. The fraction of sp³-hybridized carbons (Fsp3) is 0.556. The summed E-state index contributed by atoms with van der Waals surface area (Å²) in [4.78, 5) is 5.64. The maximum atomic E-state index is 8.76. The molecule has 0 amide bonds. The largest absolute Gasteiger partial charge is 0.246 e. The van der Waals surface area contributed by atoms with Gasteiger partial charge in [0.2, 0.25) is 0 Å². The van der Waals surface area contributed by atoms with Gasteiger partial charge < -0.3 is 0 Å². The smallest absolute Gasteiger partial charge is 0.0944 e. The Bertz CT molecular complexity index is 307. The number of nitrogens with zero attached hydrogens (tertiary/aromatic N) is 2. The number of aryl methyl sites for hydroxylation is 2. The third kappa shape index (κ3) is 2.78. The summed E-state index contributed by atoms with van der Waals surface area (Å²) in [5.74, 6) is 0.0462. The van der Waals surface area contributed by atoms with E-state index < -0.39 is 0 Å². The summed E-state index contributed by atoms with van der Waals surface area (Å²) in [5.41, 5.74) is 1.09. The molecule has 0 radical (unpaired) electrons. The average molecular weight is 259 g/mol. The summed E-state index contributed by atoms with van der Waals surface area (Å²) in [6, 6.07) is 2.25. The van der Waals surface area contributed by atoms with E-state index in [1.54, 1.807) is 11.3 Å². The number of rotatable bonds is 3. The van der Waals surface area contributed by atoms with Gasteiger partial charge in [0, 0.05) is 16.6 Å². The highest BCUT2D eigenvalue weighted by atomic mass is 79.9. The quantitative estimate of drug-likeness (QED) is 0.782. The van der Waals surface area contributed by atoms with Crippen molar-refractivity contribution in [2.24, 2.45) is 5.92 Å². The van der Waals surface area contributed by atoms with Gasteiger partial charge in [-0.2, -0.15) is 5.26 Å². The van der Waals surface area contributed by atoms with Crippen LogP contribution in [0, 0.1) is 31.1 Å². The second kappa shape index (κ2) is 4.73. The number of nitriles is 1. The topological polar surface area (TPSA) is 36.7 Å². The first-order valence-corrected chi connectivity index (χ1v) is 5.99. The summed E-state index contributed by atoms with van der Waals surface area (Å²) in [6.07, 6.45) is 0.765. The zero-order chi connectivity index (χ0) is 9.84. The van der Waals surface area contributed by atoms with Crippen LogP contribution in [0.5, 0.6) is 0 Å². The first-order valence-electron chi connectivity index (χ1n) is 4.06. The van der Waals surface area contributed by atoms with E-state index in [0.717, 1.165) is 22.5 Å². The molecule has 0 saturated heterocycles. The number of halogens is 1.